The molecule has 7 nitrogen and oxygen atoms in total. The molecule has 1 atom stereocenters. The van der Waals surface area contributed by atoms with Crippen LogP contribution in [0.2, 0.25) is 0 Å². The molecule has 1 saturated heterocycles. The fraction of sp³-hybridized carbons (Fsp3) is 0.522. The standard InChI is InChI=1S/C23H32N4O3/c1-4-5-6-7-12-23(28)27-14-13-26(16-18(27)2)21-15-22(25-17-24-21)30-20-11-9-8-10-19(20)29-3/h8-11,15,17-18H,4-7,12-14,16H2,1-3H3/t18-/m0/s1. The molecule has 30 heavy (non-hydrogen) atoms. The summed E-state index contributed by atoms with van der Waals surface area (Å²) in [7, 11) is 1.61. The highest BCUT2D eigenvalue weighted by Gasteiger charge is 2.28. The fourth-order valence-electron chi connectivity index (χ4n) is 3.76. The Labute approximate surface area is 179 Å². The van der Waals surface area contributed by atoms with Crippen LogP contribution < -0.4 is 14.4 Å². The van der Waals surface area contributed by atoms with Gasteiger partial charge in [-0.2, -0.15) is 0 Å². The Morgan fingerprint density at radius 3 is 2.67 bits per heavy atom. The number of rotatable bonds is 9. The number of methoxy groups -OCH3 is 1. The van der Waals surface area contributed by atoms with Crippen molar-refractivity contribution >= 4 is 11.7 Å². The second-order valence-electron chi connectivity index (χ2n) is 7.66. The van der Waals surface area contributed by atoms with Gasteiger partial charge in [-0.15, -0.1) is 0 Å². The Hall–Kier alpha value is -2.83. The predicted molar refractivity (Wildman–Crippen MR) is 117 cm³/mol. The number of carbonyl (C=O) groups excluding carboxylic acids is 1. The average Bonchev–Trinajstić information content (AvgIpc) is 2.77. The first kappa shape index (κ1) is 21.9. The van der Waals surface area contributed by atoms with E-state index in [1.165, 1.54) is 19.2 Å². The maximum Gasteiger partial charge on any atom is 0.224 e. The Morgan fingerprint density at radius 1 is 1.13 bits per heavy atom. The summed E-state index contributed by atoms with van der Waals surface area (Å²) in [5, 5.41) is 0. The number of benzene rings is 1. The number of ether oxygens (including phenoxy) is 2. The maximum atomic E-state index is 12.6. The second-order valence-corrected chi connectivity index (χ2v) is 7.66. The molecule has 1 amide bonds. The third-order valence-corrected chi connectivity index (χ3v) is 5.43. The molecule has 0 spiro atoms. The summed E-state index contributed by atoms with van der Waals surface area (Å²) >= 11 is 0. The monoisotopic (exact) mass is 412 g/mol. The molecular weight excluding hydrogens is 380 g/mol. The van der Waals surface area contributed by atoms with Crippen molar-refractivity contribution in [2.24, 2.45) is 0 Å². The molecule has 0 bridgehead atoms. The summed E-state index contributed by atoms with van der Waals surface area (Å²) in [6.07, 6.45) is 6.65. The van der Waals surface area contributed by atoms with E-state index in [1.54, 1.807) is 7.11 Å². The number of aromatic nitrogens is 2. The van der Waals surface area contributed by atoms with Crippen molar-refractivity contribution in [1.29, 1.82) is 0 Å². The Kier molecular flexibility index (Phi) is 7.88. The van der Waals surface area contributed by atoms with Crippen molar-refractivity contribution in [1.82, 2.24) is 14.9 Å². The fourth-order valence-corrected chi connectivity index (χ4v) is 3.76. The van der Waals surface area contributed by atoms with Crippen LogP contribution in [0, 0.1) is 0 Å². The second kappa shape index (κ2) is 10.8. The molecule has 0 aliphatic carbocycles. The molecule has 1 aromatic heterocycles. The highest BCUT2D eigenvalue weighted by molar-refractivity contribution is 5.76. The van der Waals surface area contributed by atoms with Gasteiger partial charge in [-0.25, -0.2) is 9.97 Å². The topological polar surface area (TPSA) is 67.8 Å². The van der Waals surface area contributed by atoms with Crippen LogP contribution in [0.1, 0.15) is 46.0 Å². The van der Waals surface area contributed by atoms with Gasteiger partial charge in [0, 0.05) is 38.2 Å². The van der Waals surface area contributed by atoms with E-state index in [1.807, 2.05) is 35.2 Å². The minimum Gasteiger partial charge on any atom is -0.493 e. The summed E-state index contributed by atoms with van der Waals surface area (Å²) < 4.78 is 11.3. The summed E-state index contributed by atoms with van der Waals surface area (Å²) in [6, 6.07) is 9.45. The van der Waals surface area contributed by atoms with E-state index in [0.717, 1.165) is 31.7 Å². The van der Waals surface area contributed by atoms with E-state index < -0.39 is 0 Å². The lowest BCUT2D eigenvalue weighted by atomic mass is 10.1. The molecule has 0 N–H and O–H groups in total. The summed E-state index contributed by atoms with van der Waals surface area (Å²) in [4.78, 5) is 25.4. The minimum absolute atomic E-state index is 0.144. The van der Waals surface area contributed by atoms with Gasteiger partial charge >= 0.3 is 0 Å². The van der Waals surface area contributed by atoms with Gasteiger partial charge in [-0.05, 0) is 25.5 Å². The number of hydrogen-bond donors (Lipinski definition) is 0. The molecule has 0 saturated carbocycles. The van der Waals surface area contributed by atoms with Crippen molar-refractivity contribution in [2.75, 3.05) is 31.6 Å². The molecular formula is C23H32N4O3. The molecule has 1 aromatic carbocycles. The van der Waals surface area contributed by atoms with Crippen LogP contribution in [0.25, 0.3) is 0 Å². The molecule has 3 rings (SSSR count). The Balaban J connectivity index is 1.60. The smallest absolute Gasteiger partial charge is 0.224 e. The number of anilines is 1. The molecule has 1 aliphatic heterocycles. The average molecular weight is 413 g/mol. The van der Waals surface area contributed by atoms with Crippen LogP contribution in [0.4, 0.5) is 5.82 Å². The molecule has 0 unspecified atom stereocenters. The third-order valence-electron chi connectivity index (χ3n) is 5.43. The van der Waals surface area contributed by atoms with Crippen LogP contribution in [0.15, 0.2) is 36.7 Å². The van der Waals surface area contributed by atoms with Crippen LogP contribution in [0.3, 0.4) is 0 Å². The van der Waals surface area contributed by atoms with Gasteiger partial charge in [0.1, 0.15) is 12.1 Å². The molecule has 1 fully saturated rings. The highest BCUT2D eigenvalue weighted by atomic mass is 16.5. The molecule has 162 valence electrons. The lowest BCUT2D eigenvalue weighted by molar-refractivity contribution is -0.133. The van der Waals surface area contributed by atoms with E-state index in [0.29, 0.717) is 30.3 Å². The highest BCUT2D eigenvalue weighted by Crippen LogP contribution is 2.31. The van der Waals surface area contributed by atoms with Gasteiger partial charge in [0.2, 0.25) is 11.8 Å². The van der Waals surface area contributed by atoms with E-state index >= 15 is 0 Å². The van der Waals surface area contributed by atoms with Gasteiger partial charge in [0.25, 0.3) is 0 Å². The molecule has 0 radical (unpaired) electrons. The number of unbranched alkanes of at least 4 members (excludes halogenated alkanes) is 3. The first-order valence-corrected chi connectivity index (χ1v) is 10.8. The number of carbonyl (C=O) groups is 1. The minimum atomic E-state index is 0.144. The van der Waals surface area contributed by atoms with Crippen molar-refractivity contribution in [3.63, 3.8) is 0 Å². The first-order chi connectivity index (χ1) is 14.6. The van der Waals surface area contributed by atoms with Gasteiger partial charge in [0.05, 0.1) is 7.11 Å². The van der Waals surface area contributed by atoms with E-state index in [9.17, 15) is 4.79 Å². The number of hydrogen-bond acceptors (Lipinski definition) is 6. The van der Waals surface area contributed by atoms with Crippen molar-refractivity contribution in [3.05, 3.63) is 36.7 Å². The van der Waals surface area contributed by atoms with E-state index in [2.05, 4.69) is 28.7 Å². The number of piperazine rings is 1. The van der Waals surface area contributed by atoms with Gasteiger partial charge in [-0.3, -0.25) is 4.79 Å². The molecule has 7 heteroatoms. The quantitative estimate of drug-likeness (QED) is 0.573. The van der Waals surface area contributed by atoms with Crippen LogP contribution in [-0.2, 0) is 4.79 Å². The molecule has 1 aliphatic rings. The van der Waals surface area contributed by atoms with Gasteiger partial charge in [-0.1, -0.05) is 38.3 Å². The zero-order valence-corrected chi connectivity index (χ0v) is 18.2. The van der Waals surface area contributed by atoms with E-state index in [-0.39, 0.29) is 11.9 Å². The van der Waals surface area contributed by atoms with Crippen LogP contribution in [0.5, 0.6) is 17.4 Å². The third kappa shape index (κ3) is 5.62. The number of para-hydroxylation sites is 2. The summed E-state index contributed by atoms with van der Waals surface area (Å²) in [5.41, 5.74) is 0. The Morgan fingerprint density at radius 2 is 1.93 bits per heavy atom. The number of nitrogens with zero attached hydrogens (tertiary/aromatic N) is 4. The SMILES string of the molecule is CCCCCCC(=O)N1CCN(c2cc(Oc3ccccc3OC)ncn2)C[C@@H]1C. The van der Waals surface area contributed by atoms with Crippen molar-refractivity contribution in [2.45, 2.75) is 52.0 Å². The summed E-state index contributed by atoms with van der Waals surface area (Å²) in [6.45, 7) is 6.48. The lowest BCUT2D eigenvalue weighted by Gasteiger charge is -2.40. The largest absolute Gasteiger partial charge is 0.493 e. The van der Waals surface area contributed by atoms with Crippen LogP contribution in [-0.4, -0.2) is 53.6 Å². The van der Waals surface area contributed by atoms with E-state index in [4.69, 9.17) is 9.47 Å². The maximum absolute atomic E-state index is 12.6. The normalized spacial score (nSPS) is 16.4. The van der Waals surface area contributed by atoms with Crippen molar-refractivity contribution < 1.29 is 14.3 Å². The number of amides is 1. The van der Waals surface area contributed by atoms with Crippen LogP contribution >= 0.6 is 0 Å². The zero-order chi connectivity index (χ0) is 21.3. The zero-order valence-electron chi connectivity index (χ0n) is 18.2. The Bertz CT molecular complexity index is 830. The lowest BCUT2D eigenvalue weighted by Crippen LogP contribution is -2.54. The molecule has 2 aromatic rings. The summed E-state index contributed by atoms with van der Waals surface area (Å²) in [5.74, 6) is 2.79. The predicted octanol–water partition coefficient (Wildman–Crippen LogP) is 4.29. The molecule has 2 heterocycles. The van der Waals surface area contributed by atoms with Crippen molar-refractivity contribution in [3.8, 4) is 17.4 Å². The van der Waals surface area contributed by atoms with Gasteiger partial charge < -0.3 is 19.3 Å². The first-order valence-electron chi connectivity index (χ1n) is 10.8. The van der Waals surface area contributed by atoms with Gasteiger partial charge in [0.15, 0.2) is 11.5 Å².